The van der Waals surface area contributed by atoms with Gasteiger partial charge in [-0.1, -0.05) is 0 Å². The Morgan fingerprint density at radius 3 is 2.85 bits per heavy atom. The molecule has 3 nitrogen and oxygen atoms in total. The monoisotopic (exact) mass is 180 g/mol. The molecule has 0 unspecified atom stereocenters. The van der Waals surface area contributed by atoms with Gasteiger partial charge < -0.3 is 14.6 Å². The molecule has 1 aliphatic rings. The maximum Gasteiger partial charge on any atom is 0.164 e. The van der Waals surface area contributed by atoms with Crippen LogP contribution in [-0.2, 0) is 6.61 Å². The molecule has 70 valence electrons. The van der Waals surface area contributed by atoms with Crippen molar-refractivity contribution in [3.63, 3.8) is 0 Å². The van der Waals surface area contributed by atoms with E-state index in [0.717, 1.165) is 22.6 Å². The number of hydrogen-bond acceptors (Lipinski definition) is 3. The predicted molar refractivity (Wildman–Crippen MR) is 48.1 cm³/mol. The number of aliphatic hydroxyl groups is 1. The molecule has 0 radical (unpaired) electrons. The Labute approximate surface area is 76.9 Å². The molecule has 0 saturated carbocycles. The molecule has 0 atom stereocenters. The third-order valence-electron chi connectivity index (χ3n) is 2.07. The molecule has 0 amide bonds. The molecule has 1 N–H and O–H groups in total. The number of rotatable bonds is 1. The second kappa shape index (κ2) is 3.26. The van der Waals surface area contributed by atoms with Crippen molar-refractivity contribution in [3.8, 4) is 11.5 Å². The van der Waals surface area contributed by atoms with Gasteiger partial charge in [-0.15, -0.1) is 0 Å². The number of fused-ring (bicyclic) bond motifs is 1. The summed E-state index contributed by atoms with van der Waals surface area (Å²) < 4.78 is 10.9. The van der Waals surface area contributed by atoms with Gasteiger partial charge in [0.2, 0.25) is 0 Å². The molecule has 0 fully saturated rings. The summed E-state index contributed by atoms with van der Waals surface area (Å²) in [6.45, 7) is 3.18. The number of benzene rings is 1. The average Bonchev–Trinajstić information content (AvgIpc) is 2.18. The fourth-order valence-electron chi connectivity index (χ4n) is 1.49. The summed E-state index contributed by atoms with van der Waals surface area (Å²) in [6, 6.07) is 3.73. The summed E-state index contributed by atoms with van der Waals surface area (Å²) in [5.74, 6) is 1.55. The van der Waals surface area contributed by atoms with Crippen LogP contribution in [0.5, 0.6) is 11.5 Å². The van der Waals surface area contributed by atoms with Gasteiger partial charge in [0.05, 0.1) is 6.61 Å². The number of hydrogen-bond donors (Lipinski definition) is 1. The summed E-state index contributed by atoms with van der Waals surface area (Å²) in [5, 5.41) is 8.97. The van der Waals surface area contributed by atoms with E-state index in [1.807, 2.05) is 19.1 Å². The van der Waals surface area contributed by atoms with Crippen molar-refractivity contribution in [1.29, 1.82) is 0 Å². The van der Waals surface area contributed by atoms with Gasteiger partial charge in [-0.3, -0.25) is 0 Å². The van der Waals surface area contributed by atoms with Crippen LogP contribution in [-0.4, -0.2) is 18.3 Å². The van der Waals surface area contributed by atoms with Crippen LogP contribution in [0.2, 0.25) is 0 Å². The molecule has 0 spiro atoms. The molecule has 1 aromatic rings. The highest BCUT2D eigenvalue weighted by atomic mass is 16.6. The van der Waals surface area contributed by atoms with Crippen molar-refractivity contribution in [2.24, 2.45) is 0 Å². The van der Waals surface area contributed by atoms with Crippen LogP contribution >= 0.6 is 0 Å². The molecule has 2 rings (SSSR count). The molecule has 0 bridgehead atoms. The van der Waals surface area contributed by atoms with Crippen molar-refractivity contribution in [2.45, 2.75) is 13.5 Å². The van der Waals surface area contributed by atoms with Crippen molar-refractivity contribution >= 4 is 0 Å². The third-order valence-corrected chi connectivity index (χ3v) is 2.07. The smallest absolute Gasteiger partial charge is 0.164 e. The number of aryl methyl sites for hydroxylation is 1. The first-order chi connectivity index (χ1) is 6.31. The Morgan fingerprint density at radius 1 is 1.31 bits per heavy atom. The Morgan fingerprint density at radius 2 is 2.08 bits per heavy atom. The zero-order valence-electron chi connectivity index (χ0n) is 7.54. The first-order valence-corrected chi connectivity index (χ1v) is 4.31. The summed E-state index contributed by atoms with van der Waals surface area (Å²) in [4.78, 5) is 0. The van der Waals surface area contributed by atoms with E-state index in [2.05, 4.69) is 0 Å². The molecular weight excluding hydrogens is 168 g/mol. The number of ether oxygens (including phenoxy) is 2. The van der Waals surface area contributed by atoms with E-state index < -0.39 is 0 Å². The topological polar surface area (TPSA) is 38.7 Å². The van der Waals surface area contributed by atoms with Crippen molar-refractivity contribution in [1.82, 2.24) is 0 Å². The van der Waals surface area contributed by atoms with E-state index in [4.69, 9.17) is 14.6 Å². The van der Waals surface area contributed by atoms with Gasteiger partial charge in [0.15, 0.2) is 11.5 Å². The van der Waals surface area contributed by atoms with E-state index in [1.54, 1.807) is 0 Å². The molecule has 1 aliphatic heterocycles. The highest BCUT2D eigenvalue weighted by molar-refractivity contribution is 5.49. The van der Waals surface area contributed by atoms with Gasteiger partial charge in [-0.2, -0.15) is 0 Å². The van der Waals surface area contributed by atoms with Gasteiger partial charge in [-0.05, 0) is 30.2 Å². The van der Waals surface area contributed by atoms with Crippen LogP contribution in [0.15, 0.2) is 12.1 Å². The summed E-state index contributed by atoms with van der Waals surface area (Å²) in [6.07, 6.45) is 0. The maximum absolute atomic E-state index is 8.97. The van der Waals surface area contributed by atoms with E-state index in [9.17, 15) is 0 Å². The van der Waals surface area contributed by atoms with E-state index >= 15 is 0 Å². The summed E-state index contributed by atoms with van der Waals surface area (Å²) in [7, 11) is 0. The predicted octanol–water partition coefficient (Wildman–Crippen LogP) is 1.26. The molecule has 1 aromatic carbocycles. The average molecular weight is 180 g/mol. The highest BCUT2D eigenvalue weighted by Gasteiger charge is 2.14. The summed E-state index contributed by atoms with van der Waals surface area (Å²) >= 11 is 0. The molecule has 3 heteroatoms. The normalized spacial score (nSPS) is 14.3. The van der Waals surface area contributed by atoms with E-state index in [1.165, 1.54) is 0 Å². The SMILES string of the molecule is Cc1cc(CO)cc2c1OCCO2. The first-order valence-electron chi connectivity index (χ1n) is 4.31. The number of aliphatic hydroxyl groups excluding tert-OH is 1. The standard InChI is InChI=1S/C10H12O3/c1-7-4-8(6-11)5-9-10(7)13-3-2-12-9/h4-5,11H,2-3,6H2,1H3. The van der Waals surface area contributed by atoms with Crippen molar-refractivity contribution in [2.75, 3.05) is 13.2 Å². The fraction of sp³-hybridized carbons (Fsp3) is 0.400. The first kappa shape index (κ1) is 8.38. The quantitative estimate of drug-likeness (QED) is 0.707. The van der Waals surface area contributed by atoms with E-state index in [0.29, 0.717) is 13.2 Å². The van der Waals surface area contributed by atoms with Gasteiger partial charge >= 0.3 is 0 Å². The maximum atomic E-state index is 8.97. The van der Waals surface area contributed by atoms with Gasteiger partial charge in [-0.25, -0.2) is 0 Å². The van der Waals surface area contributed by atoms with Crippen LogP contribution in [0.4, 0.5) is 0 Å². The molecule has 13 heavy (non-hydrogen) atoms. The lowest BCUT2D eigenvalue weighted by atomic mass is 10.1. The van der Waals surface area contributed by atoms with Crippen molar-refractivity contribution < 1.29 is 14.6 Å². The van der Waals surface area contributed by atoms with E-state index in [-0.39, 0.29) is 6.61 Å². The Bertz CT molecular complexity index is 320. The molecule has 1 heterocycles. The zero-order chi connectivity index (χ0) is 9.26. The van der Waals surface area contributed by atoms with Crippen LogP contribution in [0.25, 0.3) is 0 Å². The minimum atomic E-state index is 0.0392. The van der Waals surface area contributed by atoms with Crippen LogP contribution < -0.4 is 9.47 Å². The highest BCUT2D eigenvalue weighted by Crippen LogP contribution is 2.34. The molecule has 0 aromatic heterocycles. The third kappa shape index (κ3) is 1.47. The largest absolute Gasteiger partial charge is 0.486 e. The van der Waals surface area contributed by atoms with Crippen molar-refractivity contribution in [3.05, 3.63) is 23.3 Å². The zero-order valence-corrected chi connectivity index (χ0v) is 7.54. The van der Waals surface area contributed by atoms with Gasteiger partial charge in [0.25, 0.3) is 0 Å². The Hall–Kier alpha value is -1.22. The Balaban J connectivity index is 2.47. The fourth-order valence-corrected chi connectivity index (χ4v) is 1.49. The summed E-state index contributed by atoms with van der Waals surface area (Å²) in [5.41, 5.74) is 1.88. The molecule has 0 aliphatic carbocycles. The minimum absolute atomic E-state index is 0.0392. The van der Waals surface area contributed by atoms with Gasteiger partial charge in [0, 0.05) is 0 Å². The van der Waals surface area contributed by atoms with Crippen LogP contribution in [0.1, 0.15) is 11.1 Å². The lowest BCUT2D eigenvalue weighted by molar-refractivity contribution is 0.169. The minimum Gasteiger partial charge on any atom is -0.486 e. The molecular formula is C10H12O3. The lowest BCUT2D eigenvalue weighted by Gasteiger charge is -2.20. The van der Waals surface area contributed by atoms with Gasteiger partial charge in [0.1, 0.15) is 13.2 Å². The Kier molecular flexibility index (Phi) is 2.10. The molecule has 0 saturated heterocycles. The van der Waals surface area contributed by atoms with Crippen LogP contribution in [0, 0.1) is 6.92 Å². The second-order valence-electron chi connectivity index (χ2n) is 3.10. The second-order valence-corrected chi connectivity index (χ2v) is 3.10. The lowest BCUT2D eigenvalue weighted by Crippen LogP contribution is -2.16. The van der Waals surface area contributed by atoms with Crippen LogP contribution in [0.3, 0.4) is 0 Å².